The molecule has 0 aromatic rings. The van der Waals surface area contributed by atoms with E-state index in [4.69, 9.17) is 4.74 Å². The van der Waals surface area contributed by atoms with Gasteiger partial charge in [0.15, 0.2) is 0 Å². The molecule has 1 aliphatic carbocycles. The molecule has 2 rings (SSSR count). The molecule has 1 aliphatic heterocycles. The molecular weight excluding hydrogens is 242 g/mol. The molecule has 1 heterocycles. The lowest BCUT2D eigenvalue weighted by Gasteiger charge is -2.32. The number of nitrogens with one attached hydrogen (secondary N) is 1. The Morgan fingerprint density at radius 2 is 2.11 bits per heavy atom. The molecule has 0 bridgehead atoms. The summed E-state index contributed by atoms with van der Waals surface area (Å²) >= 11 is 0. The van der Waals surface area contributed by atoms with Crippen molar-refractivity contribution in [3.8, 4) is 0 Å². The van der Waals surface area contributed by atoms with Crippen LogP contribution < -0.4 is 5.32 Å². The lowest BCUT2D eigenvalue weighted by Crippen LogP contribution is -2.47. The first-order valence-corrected chi connectivity index (χ1v) is 7.42. The van der Waals surface area contributed by atoms with E-state index in [1.807, 2.05) is 0 Å². The van der Waals surface area contributed by atoms with Crippen LogP contribution >= 0.6 is 0 Å². The van der Waals surface area contributed by atoms with Crippen LogP contribution in [0, 0.1) is 5.92 Å². The second-order valence-corrected chi connectivity index (χ2v) is 5.70. The van der Waals surface area contributed by atoms with Gasteiger partial charge >= 0.3 is 0 Å². The fourth-order valence-electron chi connectivity index (χ4n) is 3.12. The molecule has 2 fully saturated rings. The van der Waals surface area contributed by atoms with Crippen LogP contribution in [0.3, 0.4) is 0 Å². The number of hydrogen-bond acceptors (Lipinski definition) is 3. The normalized spacial score (nSPS) is 35.6. The molecule has 4 atom stereocenters. The minimum absolute atomic E-state index is 0.0355. The van der Waals surface area contributed by atoms with Gasteiger partial charge in [-0.05, 0) is 31.6 Å². The topological polar surface area (TPSA) is 58.6 Å². The zero-order valence-electron chi connectivity index (χ0n) is 11.5. The Balaban J connectivity index is 1.81. The molecule has 19 heavy (non-hydrogen) atoms. The fourth-order valence-corrected chi connectivity index (χ4v) is 3.12. The Kier molecular flexibility index (Phi) is 5.40. The van der Waals surface area contributed by atoms with E-state index < -0.39 is 0 Å². The molecule has 108 valence electrons. The van der Waals surface area contributed by atoms with E-state index in [-0.39, 0.29) is 30.1 Å². The van der Waals surface area contributed by atoms with Crippen molar-refractivity contribution in [1.82, 2.24) is 5.32 Å². The predicted octanol–water partition coefficient (Wildman–Crippen LogP) is 1.78. The van der Waals surface area contributed by atoms with Crippen LogP contribution in [0.4, 0.5) is 0 Å². The van der Waals surface area contributed by atoms with Gasteiger partial charge in [-0.3, -0.25) is 4.79 Å². The van der Waals surface area contributed by atoms with E-state index in [1.54, 1.807) is 6.08 Å². The first-order valence-electron chi connectivity index (χ1n) is 7.42. The van der Waals surface area contributed by atoms with Crippen LogP contribution in [0.2, 0.25) is 0 Å². The zero-order chi connectivity index (χ0) is 13.7. The molecule has 0 aromatic carbocycles. The van der Waals surface area contributed by atoms with E-state index >= 15 is 0 Å². The molecule has 1 saturated carbocycles. The second-order valence-electron chi connectivity index (χ2n) is 5.70. The van der Waals surface area contributed by atoms with Crippen molar-refractivity contribution in [2.45, 2.75) is 63.2 Å². The van der Waals surface area contributed by atoms with E-state index in [0.717, 1.165) is 45.1 Å². The van der Waals surface area contributed by atoms with Gasteiger partial charge in [-0.2, -0.15) is 0 Å². The first-order chi connectivity index (χ1) is 9.20. The number of ether oxygens (including phenoxy) is 1. The van der Waals surface area contributed by atoms with E-state index in [9.17, 15) is 9.90 Å². The number of hydrogen-bond donors (Lipinski definition) is 2. The number of aliphatic hydroxyl groups is 1. The minimum atomic E-state index is -0.308. The highest BCUT2D eigenvalue weighted by molar-refractivity contribution is 5.76. The molecule has 1 saturated heterocycles. The molecule has 0 radical (unpaired) electrons. The van der Waals surface area contributed by atoms with Crippen LogP contribution in [-0.4, -0.2) is 35.9 Å². The largest absolute Gasteiger partial charge is 0.393 e. The maximum absolute atomic E-state index is 12.1. The molecule has 1 amide bonds. The van der Waals surface area contributed by atoms with Crippen LogP contribution in [0.5, 0.6) is 0 Å². The summed E-state index contributed by atoms with van der Waals surface area (Å²) in [7, 11) is 0. The molecule has 0 spiro atoms. The van der Waals surface area contributed by atoms with Crippen molar-refractivity contribution in [1.29, 1.82) is 0 Å². The van der Waals surface area contributed by atoms with Crippen molar-refractivity contribution >= 4 is 5.91 Å². The zero-order valence-corrected chi connectivity index (χ0v) is 11.5. The van der Waals surface area contributed by atoms with Crippen molar-refractivity contribution < 1.29 is 14.6 Å². The Bertz CT molecular complexity index is 319. The highest BCUT2D eigenvalue weighted by atomic mass is 16.5. The smallest absolute Gasteiger partial charge is 0.220 e. The summed E-state index contributed by atoms with van der Waals surface area (Å²) < 4.78 is 5.57. The second kappa shape index (κ2) is 7.06. The Labute approximate surface area is 115 Å². The third kappa shape index (κ3) is 4.05. The standard InChI is InChI=1S/C15H25NO3/c1-2-14-12(7-5-9-19-14)16-15(18)10-11-6-3-4-8-13(11)17/h2,11-14,17H,1,3-10H2,(H,16,18)/t11-,12-,13+,14+/m1/s1. The highest BCUT2D eigenvalue weighted by Crippen LogP contribution is 2.27. The van der Waals surface area contributed by atoms with Crippen LogP contribution in [-0.2, 0) is 9.53 Å². The predicted molar refractivity (Wildman–Crippen MR) is 73.7 cm³/mol. The monoisotopic (exact) mass is 267 g/mol. The van der Waals surface area contributed by atoms with Gasteiger partial charge in [-0.15, -0.1) is 6.58 Å². The maximum Gasteiger partial charge on any atom is 0.220 e. The number of aliphatic hydroxyl groups excluding tert-OH is 1. The summed E-state index contributed by atoms with van der Waals surface area (Å²) in [5.41, 5.74) is 0. The summed E-state index contributed by atoms with van der Waals surface area (Å²) in [6.45, 7) is 4.49. The molecule has 0 aromatic heterocycles. The highest BCUT2D eigenvalue weighted by Gasteiger charge is 2.28. The van der Waals surface area contributed by atoms with E-state index in [1.165, 1.54) is 0 Å². The van der Waals surface area contributed by atoms with Crippen LogP contribution in [0.1, 0.15) is 44.9 Å². The van der Waals surface area contributed by atoms with Gasteiger partial charge in [0.05, 0.1) is 18.2 Å². The lowest BCUT2D eigenvalue weighted by molar-refractivity contribution is -0.125. The molecule has 2 aliphatic rings. The number of carbonyl (C=O) groups excluding carboxylic acids is 1. The number of amides is 1. The van der Waals surface area contributed by atoms with Crippen molar-refractivity contribution in [2.75, 3.05) is 6.61 Å². The summed E-state index contributed by atoms with van der Waals surface area (Å²) in [4.78, 5) is 12.1. The summed E-state index contributed by atoms with van der Waals surface area (Å²) in [5.74, 6) is 0.161. The lowest BCUT2D eigenvalue weighted by atomic mass is 9.84. The van der Waals surface area contributed by atoms with Gasteiger partial charge in [0.2, 0.25) is 5.91 Å². The average molecular weight is 267 g/mol. The van der Waals surface area contributed by atoms with Crippen molar-refractivity contribution in [2.24, 2.45) is 5.92 Å². The Hall–Kier alpha value is -0.870. The average Bonchev–Trinajstić information content (AvgIpc) is 2.42. The molecule has 4 nitrogen and oxygen atoms in total. The van der Waals surface area contributed by atoms with Gasteiger partial charge in [-0.1, -0.05) is 18.9 Å². The first kappa shape index (κ1) is 14.5. The minimum Gasteiger partial charge on any atom is -0.393 e. The Morgan fingerprint density at radius 1 is 1.32 bits per heavy atom. The molecule has 0 unspecified atom stereocenters. The van der Waals surface area contributed by atoms with Crippen LogP contribution in [0.25, 0.3) is 0 Å². The summed E-state index contributed by atoms with van der Waals surface area (Å²) in [6, 6.07) is 0.0412. The van der Waals surface area contributed by atoms with Crippen molar-refractivity contribution in [3.63, 3.8) is 0 Å². The summed E-state index contributed by atoms with van der Waals surface area (Å²) in [6.07, 6.45) is 7.72. The maximum atomic E-state index is 12.1. The SMILES string of the molecule is C=C[C@@H]1OCCC[C@H]1NC(=O)C[C@H]1CCCC[C@@H]1O. The molecule has 4 heteroatoms. The van der Waals surface area contributed by atoms with E-state index in [2.05, 4.69) is 11.9 Å². The quantitative estimate of drug-likeness (QED) is 0.763. The van der Waals surface area contributed by atoms with Crippen LogP contribution in [0.15, 0.2) is 12.7 Å². The number of rotatable bonds is 4. The third-order valence-electron chi connectivity index (χ3n) is 4.26. The van der Waals surface area contributed by atoms with Crippen molar-refractivity contribution in [3.05, 3.63) is 12.7 Å². The fraction of sp³-hybridized carbons (Fsp3) is 0.800. The van der Waals surface area contributed by atoms with Gasteiger partial charge in [0.1, 0.15) is 0 Å². The number of carbonyl (C=O) groups is 1. The Morgan fingerprint density at radius 3 is 2.84 bits per heavy atom. The van der Waals surface area contributed by atoms with Gasteiger partial charge in [0, 0.05) is 13.0 Å². The molecular formula is C15H25NO3. The van der Waals surface area contributed by atoms with Gasteiger partial charge in [0.25, 0.3) is 0 Å². The summed E-state index contributed by atoms with van der Waals surface area (Å²) in [5, 5.41) is 12.9. The van der Waals surface area contributed by atoms with Gasteiger partial charge < -0.3 is 15.2 Å². The third-order valence-corrected chi connectivity index (χ3v) is 4.26. The van der Waals surface area contributed by atoms with Gasteiger partial charge in [-0.25, -0.2) is 0 Å². The van der Waals surface area contributed by atoms with E-state index in [0.29, 0.717) is 6.42 Å². The molecule has 2 N–H and O–H groups in total.